The van der Waals surface area contributed by atoms with E-state index in [1.165, 1.54) is 51.0 Å². The van der Waals surface area contributed by atoms with Crippen molar-refractivity contribution < 1.29 is 0 Å². The number of nitrogens with one attached hydrogen (secondary N) is 1. The fourth-order valence-corrected chi connectivity index (χ4v) is 3.05. The van der Waals surface area contributed by atoms with Crippen LogP contribution in [0.2, 0.25) is 0 Å². The summed E-state index contributed by atoms with van der Waals surface area (Å²) in [5.41, 5.74) is 1.23. The molecule has 1 aliphatic heterocycles. The summed E-state index contributed by atoms with van der Waals surface area (Å²) < 4.78 is 1.15. The summed E-state index contributed by atoms with van der Waals surface area (Å²) in [6.45, 7) is 6.02. The molecule has 0 aromatic heterocycles. The van der Waals surface area contributed by atoms with Crippen LogP contribution in [0.25, 0.3) is 0 Å². The lowest BCUT2D eigenvalue weighted by molar-refractivity contribution is 0.285. The normalized spacial score (nSPS) is 21.6. The van der Waals surface area contributed by atoms with Crippen LogP contribution in [0.1, 0.15) is 32.6 Å². The minimum Gasteiger partial charge on any atom is -0.382 e. The average Bonchev–Trinajstić information content (AvgIpc) is 2.56. The molecule has 18 heavy (non-hydrogen) atoms. The Morgan fingerprint density at radius 2 is 2.22 bits per heavy atom. The van der Waals surface area contributed by atoms with Crippen molar-refractivity contribution in [3.05, 3.63) is 28.7 Å². The molecule has 0 radical (unpaired) electrons. The lowest BCUT2D eigenvalue weighted by atomic mass is 10.1. The van der Waals surface area contributed by atoms with Gasteiger partial charge in [0, 0.05) is 22.7 Å². The highest BCUT2D eigenvalue weighted by Gasteiger charge is 2.16. The number of hydrogen-bond donors (Lipinski definition) is 1. The smallest absolute Gasteiger partial charge is 0.0353 e. The molecule has 2 nitrogen and oxygen atoms in total. The van der Waals surface area contributed by atoms with Crippen molar-refractivity contribution >= 4 is 21.6 Å². The van der Waals surface area contributed by atoms with Gasteiger partial charge in [0.05, 0.1) is 0 Å². The molecule has 2 rings (SSSR count). The third-order valence-electron chi connectivity index (χ3n) is 3.56. The molecule has 1 atom stereocenters. The van der Waals surface area contributed by atoms with Gasteiger partial charge in [-0.25, -0.2) is 0 Å². The van der Waals surface area contributed by atoms with Gasteiger partial charge in [-0.05, 0) is 57.0 Å². The van der Waals surface area contributed by atoms with Crippen molar-refractivity contribution in [1.29, 1.82) is 0 Å². The largest absolute Gasteiger partial charge is 0.382 e. The van der Waals surface area contributed by atoms with E-state index >= 15 is 0 Å². The first-order chi connectivity index (χ1) is 8.78. The second-order valence-corrected chi connectivity index (χ2v) is 6.04. The summed E-state index contributed by atoms with van der Waals surface area (Å²) in [6.07, 6.45) is 5.12. The third kappa shape index (κ3) is 4.29. The fraction of sp³-hybridized carbons (Fsp3) is 0.600. The molecule has 1 aromatic rings. The first-order valence-corrected chi connectivity index (χ1v) is 7.81. The first-order valence-electron chi connectivity index (χ1n) is 7.02. The van der Waals surface area contributed by atoms with E-state index in [9.17, 15) is 0 Å². The molecule has 0 aliphatic carbocycles. The maximum absolute atomic E-state index is 3.67. The van der Waals surface area contributed by atoms with E-state index in [0.29, 0.717) is 6.04 Å². The van der Waals surface area contributed by atoms with Gasteiger partial charge in [-0.15, -0.1) is 0 Å². The van der Waals surface area contributed by atoms with E-state index in [2.05, 4.69) is 57.3 Å². The quantitative estimate of drug-likeness (QED) is 0.899. The number of benzene rings is 1. The Bertz CT molecular complexity index is 367. The highest BCUT2D eigenvalue weighted by molar-refractivity contribution is 9.10. The van der Waals surface area contributed by atoms with Crippen molar-refractivity contribution in [2.75, 3.05) is 25.0 Å². The van der Waals surface area contributed by atoms with Gasteiger partial charge in [-0.1, -0.05) is 28.9 Å². The molecular formula is C15H23BrN2. The zero-order valence-electron chi connectivity index (χ0n) is 11.2. The second-order valence-electron chi connectivity index (χ2n) is 5.12. The van der Waals surface area contributed by atoms with E-state index < -0.39 is 0 Å². The van der Waals surface area contributed by atoms with Crippen LogP contribution < -0.4 is 5.32 Å². The molecule has 1 fully saturated rings. The van der Waals surface area contributed by atoms with Gasteiger partial charge in [0.25, 0.3) is 0 Å². The van der Waals surface area contributed by atoms with Crippen LogP contribution in [-0.2, 0) is 0 Å². The van der Waals surface area contributed by atoms with Crippen LogP contribution in [0.15, 0.2) is 28.7 Å². The standard InChI is InChI=1S/C15H23BrN2/c1-2-9-18-10-4-7-14(8-11-18)17-15-6-3-5-13(16)12-15/h3,5-6,12,14,17H,2,4,7-11H2,1H3. The van der Waals surface area contributed by atoms with Gasteiger partial charge < -0.3 is 10.2 Å². The molecule has 1 aliphatic rings. The lowest BCUT2D eigenvalue weighted by Gasteiger charge is -2.20. The number of anilines is 1. The molecule has 3 heteroatoms. The Morgan fingerprint density at radius 3 is 3.00 bits per heavy atom. The Balaban J connectivity index is 1.87. The molecular weight excluding hydrogens is 288 g/mol. The van der Waals surface area contributed by atoms with Gasteiger partial charge in [-0.3, -0.25) is 0 Å². The number of hydrogen-bond acceptors (Lipinski definition) is 2. The fourth-order valence-electron chi connectivity index (χ4n) is 2.65. The molecule has 0 bridgehead atoms. The van der Waals surface area contributed by atoms with Crippen LogP contribution >= 0.6 is 15.9 Å². The molecule has 0 amide bonds. The SMILES string of the molecule is CCCN1CCCC(Nc2cccc(Br)c2)CC1. The van der Waals surface area contributed by atoms with Gasteiger partial charge in [0.2, 0.25) is 0 Å². The van der Waals surface area contributed by atoms with Gasteiger partial charge in [-0.2, -0.15) is 0 Å². The van der Waals surface area contributed by atoms with E-state index in [0.717, 1.165) is 4.47 Å². The van der Waals surface area contributed by atoms with Crippen molar-refractivity contribution in [3.8, 4) is 0 Å². The Kier molecular flexibility index (Phi) is 5.51. The maximum Gasteiger partial charge on any atom is 0.0353 e. The first kappa shape index (κ1) is 13.9. The van der Waals surface area contributed by atoms with Crippen LogP contribution in [0.3, 0.4) is 0 Å². The van der Waals surface area contributed by atoms with Crippen LogP contribution in [-0.4, -0.2) is 30.6 Å². The predicted octanol–water partition coefficient (Wildman–Crippen LogP) is 4.13. The lowest BCUT2D eigenvalue weighted by Crippen LogP contribution is -2.27. The second kappa shape index (κ2) is 7.15. The summed E-state index contributed by atoms with van der Waals surface area (Å²) in [7, 11) is 0. The Morgan fingerprint density at radius 1 is 1.33 bits per heavy atom. The highest BCUT2D eigenvalue weighted by atomic mass is 79.9. The van der Waals surface area contributed by atoms with Crippen LogP contribution in [0, 0.1) is 0 Å². The molecule has 0 saturated carbocycles. The number of likely N-dealkylation sites (tertiary alicyclic amines) is 1. The number of rotatable bonds is 4. The average molecular weight is 311 g/mol. The van der Waals surface area contributed by atoms with Gasteiger partial charge >= 0.3 is 0 Å². The zero-order chi connectivity index (χ0) is 12.8. The van der Waals surface area contributed by atoms with E-state index in [4.69, 9.17) is 0 Å². The summed E-state index contributed by atoms with van der Waals surface area (Å²) >= 11 is 3.52. The van der Waals surface area contributed by atoms with Crippen LogP contribution in [0.4, 0.5) is 5.69 Å². The minimum absolute atomic E-state index is 0.626. The highest BCUT2D eigenvalue weighted by Crippen LogP contribution is 2.20. The number of halogens is 1. The van der Waals surface area contributed by atoms with Gasteiger partial charge in [0.15, 0.2) is 0 Å². The van der Waals surface area contributed by atoms with E-state index in [1.807, 2.05) is 0 Å². The van der Waals surface area contributed by atoms with Crippen molar-refractivity contribution in [1.82, 2.24) is 4.90 Å². The minimum atomic E-state index is 0.626. The summed E-state index contributed by atoms with van der Waals surface area (Å²) in [4.78, 5) is 2.60. The maximum atomic E-state index is 3.67. The van der Waals surface area contributed by atoms with Crippen LogP contribution in [0.5, 0.6) is 0 Å². The summed E-state index contributed by atoms with van der Waals surface area (Å²) in [5.74, 6) is 0. The van der Waals surface area contributed by atoms with E-state index in [-0.39, 0.29) is 0 Å². The molecule has 0 spiro atoms. The molecule has 1 heterocycles. The van der Waals surface area contributed by atoms with E-state index in [1.54, 1.807) is 0 Å². The topological polar surface area (TPSA) is 15.3 Å². The molecule has 100 valence electrons. The predicted molar refractivity (Wildman–Crippen MR) is 82.1 cm³/mol. The van der Waals surface area contributed by atoms with Crippen molar-refractivity contribution in [2.24, 2.45) is 0 Å². The summed E-state index contributed by atoms with van der Waals surface area (Å²) in [5, 5.41) is 3.67. The molecule has 1 aromatic carbocycles. The van der Waals surface area contributed by atoms with Crippen molar-refractivity contribution in [2.45, 2.75) is 38.6 Å². The molecule has 1 N–H and O–H groups in total. The molecule has 1 unspecified atom stereocenters. The third-order valence-corrected chi connectivity index (χ3v) is 4.05. The number of nitrogens with zero attached hydrogens (tertiary/aromatic N) is 1. The molecule has 1 saturated heterocycles. The monoisotopic (exact) mass is 310 g/mol. The van der Waals surface area contributed by atoms with Gasteiger partial charge in [0.1, 0.15) is 0 Å². The summed E-state index contributed by atoms with van der Waals surface area (Å²) in [6, 6.07) is 9.10. The van der Waals surface area contributed by atoms with Crippen molar-refractivity contribution in [3.63, 3.8) is 0 Å². The Hall–Kier alpha value is -0.540. The Labute approximate surface area is 119 Å². The zero-order valence-corrected chi connectivity index (χ0v) is 12.7.